The second-order valence-corrected chi connectivity index (χ2v) is 6.78. The van der Waals surface area contributed by atoms with E-state index >= 15 is 0 Å². The number of nitrogens with zero attached hydrogens (tertiary/aromatic N) is 1. The number of hydrogen-bond donors (Lipinski definition) is 0. The van der Waals surface area contributed by atoms with Crippen LogP contribution in [0.5, 0.6) is 0 Å². The number of rotatable bonds is 2. The van der Waals surface area contributed by atoms with Crippen LogP contribution in [0.2, 0.25) is 0 Å². The van der Waals surface area contributed by atoms with Gasteiger partial charge in [0.05, 0.1) is 11.2 Å². The summed E-state index contributed by atoms with van der Waals surface area (Å²) < 4.78 is 12.4. The summed E-state index contributed by atoms with van der Waals surface area (Å²) >= 11 is 0. The molecule has 2 aliphatic heterocycles. The largest absolute Gasteiger partial charge is 0.511 e. The molecule has 0 atom stereocenters. The lowest BCUT2D eigenvalue weighted by atomic mass is 9.80. The minimum atomic E-state index is -0.231. The summed E-state index contributed by atoms with van der Waals surface area (Å²) in [4.78, 5) is 2.52. The van der Waals surface area contributed by atoms with Crippen molar-refractivity contribution >= 4 is 7.12 Å². The molecule has 0 N–H and O–H groups in total. The maximum Gasteiger partial charge on any atom is 0.511 e. The predicted octanol–water partition coefficient (Wildman–Crippen LogP) is 2.76. The van der Waals surface area contributed by atoms with Gasteiger partial charge >= 0.3 is 7.12 Å². The summed E-state index contributed by atoms with van der Waals surface area (Å²) in [5.74, 6) is 0. The van der Waals surface area contributed by atoms with Crippen LogP contribution in [0.1, 0.15) is 53.4 Å². The van der Waals surface area contributed by atoms with Gasteiger partial charge < -0.3 is 14.2 Å². The van der Waals surface area contributed by atoms with E-state index in [-0.39, 0.29) is 18.3 Å². The lowest BCUT2D eigenvalue weighted by Gasteiger charge is -2.32. The Morgan fingerprint density at radius 1 is 1.17 bits per heavy atom. The fourth-order valence-electron chi connectivity index (χ4n) is 2.73. The number of hydrogen-bond acceptors (Lipinski definition) is 3. The smallest absolute Gasteiger partial charge is 0.398 e. The molecule has 100 valence electrons. The molecule has 3 rings (SSSR count). The van der Waals surface area contributed by atoms with Crippen molar-refractivity contribution in [1.82, 2.24) is 4.90 Å². The summed E-state index contributed by atoms with van der Waals surface area (Å²) in [6, 6.07) is 0.746. The van der Waals surface area contributed by atoms with Crippen molar-refractivity contribution in [3.63, 3.8) is 0 Å². The second-order valence-electron chi connectivity index (χ2n) is 6.78. The highest BCUT2D eigenvalue weighted by Crippen LogP contribution is 2.41. The van der Waals surface area contributed by atoms with E-state index in [0.29, 0.717) is 0 Å². The van der Waals surface area contributed by atoms with E-state index in [1.807, 2.05) is 0 Å². The third-order valence-corrected chi connectivity index (χ3v) is 4.77. The van der Waals surface area contributed by atoms with Crippen LogP contribution in [0, 0.1) is 0 Å². The van der Waals surface area contributed by atoms with Crippen molar-refractivity contribution in [3.05, 3.63) is 11.7 Å². The van der Waals surface area contributed by atoms with E-state index in [0.717, 1.165) is 12.5 Å². The first-order valence-corrected chi connectivity index (χ1v) is 7.23. The summed E-state index contributed by atoms with van der Waals surface area (Å²) in [6.45, 7) is 9.66. The maximum absolute atomic E-state index is 6.18. The summed E-state index contributed by atoms with van der Waals surface area (Å²) in [7, 11) is -0.170. The van der Waals surface area contributed by atoms with E-state index in [1.54, 1.807) is 0 Å². The van der Waals surface area contributed by atoms with E-state index in [9.17, 15) is 0 Å². The van der Waals surface area contributed by atoms with Crippen molar-refractivity contribution in [1.29, 1.82) is 0 Å². The topological polar surface area (TPSA) is 21.7 Å². The molecule has 3 nitrogen and oxygen atoms in total. The Kier molecular flexibility index (Phi) is 2.79. The molecule has 2 fully saturated rings. The zero-order chi connectivity index (χ0) is 13.0. The minimum Gasteiger partial charge on any atom is -0.398 e. The Balaban J connectivity index is 1.80. The van der Waals surface area contributed by atoms with Gasteiger partial charge in [0.15, 0.2) is 0 Å². The Morgan fingerprint density at radius 3 is 2.33 bits per heavy atom. The molecule has 0 bridgehead atoms. The molecule has 0 amide bonds. The molecule has 2 heterocycles. The lowest BCUT2D eigenvalue weighted by molar-refractivity contribution is 0.00578. The quantitative estimate of drug-likeness (QED) is 0.702. The van der Waals surface area contributed by atoms with E-state index < -0.39 is 0 Å². The van der Waals surface area contributed by atoms with Crippen LogP contribution in [-0.4, -0.2) is 35.8 Å². The summed E-state index contributed by atoms with van der Waals surface area (Å²) in [5, 5.41) is 0. The van der Waals surface area contributed by atoms with Gasteiger partial charge in [-0.2, -0.15) is 0 Å². The van der Waals surface area contributed by atoms with Gasteiger partial charge in [-0.15, -0.1) is 0 Å². The zero-order valence-electron chi connectivity index (χ0n) is 12.0. The first kappa shape index (κ1) is 12.6. The van der Waals surface area contributed by atoms with Crippen molar-refractivity contribution in [3.8, 4) is 0 Å². The van der Waals surface area contributed by atoms with Crippen molar-refractivity contribution < 1.29 is 9.31 Å². The van der Waals surface area contributed by atoms with E-state index in [2.05, 4.69) is 38.7 Å². The molecule has 0 spiro atoms. The van der Waals surface area contributed by atoms with Gasteiger partial charge in [0.25, 0.3) is 0 Å². The summed E-state index contributed by atoms with van der Waals surface area (Å²) in [5.41, 5.74) is 0.818. The maximum atomic E-state index is 6.18. The first-order valence-electron chi connectivity index (χ1n) is 7.23. The van der Waals surface area contributed by atoms with Gasteiger partial charge in [-0.25, -0.2) is 0 Å². The normalized spacial score (nSPS) is 30.6. The molecule has 0 unspecified atom stereocenters. The Bertz CT molecular complexity index is 358. The Labute approximate surface area is 111 Å². The van der Waals surface area contributed by atoms with Crippen molar-refractivity contribution in [2.45, 2.75) is 70.6 Å². The lowest BCUT2D eigenvalue weighted by Crippen LogP contribution is -2.41. The van der Waals surface area contributed by atoms with Crippen molar-refractivity contribution in [2.24, 2.45) is 0 Å². The van der Waals surface area contributed by atoms with Crippen LogP contribution in [0.15, 0.2) is 11.7 Å². The van der Waals surface area contributed by atoms with E-state index in [4.69, 9.17) is 9.31 Å². The molecule has 0 aromatic carbocycles. The van der Waals surface area contributed by atoms with Crippen LogP contribution in [-0.2, 0) is 9.31 Å². The van der Waals surface area contributed by atoms with Crippen LogP contribution in [0.4, 0.5) is 0 Å². The molecular formula is C14H24BNO2. The van der Waals surface area contributed by atoms with Gasteiger partial charge in [-0.1, -0.05) is 6.08 Å². The van der Waals surface area contributed by atoms with Gasteiger partial charge in [0.1, 0.15) is 0 Å². The standard InChI is InChI=1S/C14H24BNO2/c1-13(2)14(3,4)18-15(17-13)12-7-5-6-10-16(12)11-8-9-11/h7,11H,5-6,8-10H2,1-4H3. The monoisotopic (exact) mass is 249 g/mol. The Morgan fingerprint density at radius 2 is 1.78 bits per heavy atom. The third kappa shape index (κ3) is 1.99. The molecular weight excluding hydrogens is 225 g/mol. The Hall–Kier alpha value is -0.475. The molecule has 1 aliphatic carbocycles. The van der Waals surface area contributed by atoms with Crippen LogP contribution in [0.25, 0.3) is 0 Å². The van der Waals surface area contributed by atoms with Crippen LogP contribution in [0.3, 0.4) is 0 Å². The molecule has 1 saturated carbocycles. The summed E-state index contributed by atoms with van der Waals surface area (Å²) in [6.07, 6.45) is 7.40. The van der Waals surface area contributed by atoms with Crippen LogP contribution < -0.4 is 0 Å². The van der Waals surface area contributed by atoms with Crippen molar-refractivity contribution in [2.75, 3.05) is 6.54 Å². The fraction of sp³-hybridized carbons (Fsp3) is 0.857. The van der Waals surface area contributed by atoms with Gasteiger partial charge in [-0.05, 0) is 53.4 Å². The highest BCUT2D eigenvalue weighted by Gasteiger charge is 2.54. The zero-order valence-corrected chi connectivity index (χ0v) is 12.0. The van der Waals surface area contributed by atoms with Gasteiger partial charge in [-0.3, -0.25) is 0 Å². The third-order valence-electron chi connectivity index (χ3n) is 4.77. The molecule has 4 heteroatoms. The SMILES string of the molecule is CC1(C)OB(C2=CCCCN2C2CC2)OC1(C)C. The molecule has 3 aliphatic rings. The fourth-order valence-corrected chi connectivity index (χ4v) is 2.73. The van der Waals surface area contributed by atoms with Crippen LogP contribution >= 0.6 is 0 Å². The minimum absolute atomic E-state index is 0.170. The first-order chi connectivity index (χ1) is 8.41. The molecule has 1 saturated heterocycles. The average molecular weight is 249 g/mol. The number of allylic oxidation sites excluding steroid dienone is 1. The van der Waals surface area contributed by atoms with Gasteiger partial charge in [0, 0.05) is 18.2 Å². The average Bonchev–Trinajstić information content (AvgIpc) is 3.08. The predicted molar refractivity (Wildman–Crippen MR) is 73.1 cm³/mol. The highest BCUT2D eigenvalue weighted by molar-refractivity contribution is 6.54. The van der Waals surface area contributed by atoms with Gasteiger partial charge in [0.2, 0.25) is 0 Å². The molecule has 0 aromatic rings. The molecule has 18 heavy (non-hydrogen) atoms. The highest BCUT2D eigenvalue weighted by atomic mass is 16.7. The van der Waals surface area contributed by atoms with E-state index in [1.165, 1.54) is 31.4 Å². The second kappa shape index (κ2) is 4.01. The molecule has 0 radical (unpaired) electrons. The molecule has 0 aromatic heterocycles.